The summed E-state index contributed by atoms with van der Waals surface area (Å²) in [7, 11) is 4.03. The first kappa shape index (κ1) is 19.6. The summed E-state index contributed by atoms with van der Waals surface area (Å²) >= 11 is 0. The molecule has 2 heterocycles. The van der Waals surface area contributed by atoms with E-state index in [9.17, 15) is 4.79 Å². The molecular weight excluding hydrogens is 352 g/mol. The number of rotatable bonds is 4. The van der Waals surface area contributed by atoms with Gasteiger partial charge in [0, 0.05) is 36.9 Å². The van der Waals surface area contributed by atoms with Crippen molar-refractivity contribution in [2.75, 3.05) is 19.0 Å². The standard InChI is InChI=1S/C22H26N4O2/c1-22(2,3)28-21(27)24-14-17-12-20-16(13-23-17)9-10-19(25-20)15-7-6-8-18(11-15)26(4)5/h6-13H,14H2,1-5H3,(H,24,27). The van der Waals surface area contributed by atoms with Crippen LogP contribution in [-0.4, -0.2) is 35.8 Å². The van der Waals surface area contributed by atoms with Crippen LogP contribution in [0.5, 0.6) is 0 Å². The number of benzene rings is 1. The third-order valence-corrected chi connectivity index (χ3v) is 4.10. The summed E-state index contributed by atoms with van der Waals surface area (Å²) < 4.78 is 5.26. The van der Waals surface area contributed by atoms with E-state index in [1.807, 2.05) is 65.2 Å². The molecule has 1 aromatic carbocycles. The van der Waals surface area contributed by atoms with Gasteiger partial charge in [0.05, 0.1) is 23.4 Å². The maximum atomic E-state index is 11.8. The van der Waals surface area contributed by atoms with E-state index in [0.717, 1.165) is 33.5 Å². The molecule has 1 N–H and O–H groups in total. The predicted octanol–water partition coefficient (Wildman–Crippen LogP) is 4.39. The molecule has 6 nitrogen and oxygen atoms in total. The first-order valence-electron chi connectivity index (χ1n) is 9.21. The van der Waals surface area contributed by atoms with Crippen molar-refractivity contribution in [2.24, 2.45) is 0 Å². The van der Waals surface area contributed by atoms with Gasteiger partial charge in [0.15, 0.2) is 0 Å². The number of carbonyl (C=O) groups is 1. The highest BCUT2D eigenvalue weighted by atomic mass is 16.6. The van der Waals surface area contributed by atoms with E-state index in [1.165, 1.54) is 0 Å². The molecule has 0 unspecified atom stereocenters. The van der Waals surface area contributed by atoms with Crippen molar-refractivity contribution in [2.45, 2.75) is 32.9 Å². The van der Waals surface area contributed by atoms with Crippen molar-refractivity contribution in [1.82, 2.24) is 15.3 Å². The summed E-state index contributed by atoms with van der Waals surface area (Å²) in [4.78, 5) is 23.1. The first-order chi connectivity index (χ1) is 13.2. The van der Waals surface area contributed by atoms with Crippen LogP contribution in [0, 0.1) is 0 Å². The van der Waals surface area contributed by atoms with Crippen LogP contribution < -0.4 is 10.2 Å². The van der Waals surface area contributed by atoms with Crippen LogP contribution in [0.4, 0.5) is 10.5 Å². The minimum Gasteiger partial charge on any atom is -0.444 e. The maximum Gasteiger partial charge on any atom is 0.407 e. The van der Waals surface area contributed by atoms with Crippen molar-refractivity contribution in [1.29, 1.82) is 0 Å². The largest absolute Gasteiger partial charge is 0.444 e. The average molecular weight is 378 g/mol. The fourth-order valence-corrected chi connectivity index (χ4v) is 2.74. The summed E-state index contributed by atoms with van der Waals surface area (Å²) in [6.07, 6.45) is 1.31. The lowest BCUT2D eigenvalue weighted by Crippen LogP contribution is -2.32. The lowest BCUT2D eigenvalue weighted by atomic mass is 10.1. The number of alkyl carbamates (subject to hydrolysis) is 1. The Kier molecular flexibility index (Phi) is 5.49. The number of fused-ring (bicyclic) bond motifs is 1. The normalized spacial score (nSPS) is 11.3. The van der Waals surface area contributed by atoms with Gasteiger partial charge in [0.25, 0.3) is 0 Å². The van der Waals surface area contributed by atoms with Gasteiger partial charge in [0.2, 0.25) is 0 Å². The molecule has 146 valence electrons. The van der Waals surface area contributed by atoms with Crippen molar-refractivity contribution in [3.63, 3.8) is 0 Å². The van der Waals surface area contributed by atoms with Crippen LogP contribution in [0.25, 0.3) is 22.2 Å². The summed E-state index contributed by atoms with van der Waals surface area (Å²) in [5.41, 5.74) is 4.11. The van der Waals surface area contributed by atoms with Gasteiger partial charge in [-0.3, -0.25) is 4.98 Å². The summed E-state index contributed by atoms with van der Waals surface area (Å²) in [5, 5.41) is 3.68. The quantitative estimate of drug-likeness (QED) is 0.729. The third kappa shape index (κ3) is 4.97. The van der Waals surface area contributed by atoms with Crippen LogP contribution in [0.2, 0.25) is 0 Å². The van der Waals surface area contributed by atoms with Gasteiger partial charge in [-0.15, -0.1) is 0 Å². The maximum absolute atomic E-state index is 11.8. The number of nitrogens with one attached hydrogen (secondary N) is 1. The Hall–Kier alpha value is -3.15. The number of amides is 1. The second kappa shape index (κ2) is 7.84. The monoisotopic (exact) mass is 378 g/mol. The van der Waals surface area contributed by atoms with Gasteiger partial charge in [-0.25, -0.2) is 9.78 Å². The zero-order valence-corrected chi connectivity index (χ0v) is 17.0. The molecule has 0 atom stereocenters. The molecule has 0 aliphatic carbocycles. The number of carbonyl (C=O) groups excluding carboxylic acids is 1. The van der Waals surface area contributed by atoms with Crippen LogP contribution in [-0.2, 0) is 11.3 Å². The Morgan fingerprint density at radius 3 is 2.64 bits per heavy atom. The highest BCUT2D eigenvalue weighted by molar-refractivity contribution is 5.81. The Morgan fingerprint density at radius 1 is 1.14 bits per heavy atom. The smallest absolute Gasteiger partial charge is 0.407 e. The molecule has 0 bridgehead atoms. The lowest BCUT2D eigenvalue weighted by Gasteiger charge is -2.19. The Bertz CT molecular complexity index is 993. The second-order valence-corrected chi connectivity index (χ2v) is 7.87. The zero-order valence-electron chi connectivity index (χ0n) is 17.0. The van der Waals surface area contributed by atoms with Crippen LogP contribution in [0.3, 0.4) is 0 Å². The minimum atomic E-state index is -0.529. The molecular formula is C22H26N4O2. The lowest BCUT2D eigenvalue weighted by molar-refractivity contribution is 0.0523. The molecule has 28 heavy (non-hydrogen) atoms. The zero-order chi connectivity index (χ0) is 20.3. The molecule has 0 saturated carbocycles. The molecule has 0 fully saturated rings. The fourth-order valence-electron chi connectivity index (χ4n) is 2.74. The number of ether oxygens (including phenoxy) is 1. The van der Waals surface area contributed by atoms with Crippen LogP contribution >= 0.6 is 0 Å². The molecule has 0 spiro atoms. The van der Waals surface area contributed by atoms with Crippen molar-refractivity contribution < 1.29 is 9.53 Å². The molecule has 1 amide bonds. The summed E-state index contributed by atoms with van der Waals surface area (Å²) in [5.74, 6) is 0. The van der Waals surface area contributed by atoms with Crippen molar-refractivity contribution in [3.8, 4) is 11.3 Å². The molecule has 0 radical (unpaired) electrons. The number of pyridine rings is 2. The molecule has 2 aromatic heterocycles. The number of nitrogens with zero attached hydrogens (tertiary/aromatic N) is 3. The van der Waals surface area contributed by atoms with Gasteiger partial charge in [-0.05, 0) is 51.1 Å². The second-order valence-electron chi connectivity index (χ2n) is 7.87. The van der Waals surface area contributed by atoms with Crippen LogP contribution in [0.15, 0.2) is 48.7 Å². The third-order valence-electron chi connectivity index (χ3n) is 4.10. The number of hydrogen-bond acceptors (Lipinski definition) is 5. The SMILES string of the molecule is CN(C)c1cccc(-c2ccc3cnc(CNC(=O)OC(C)(C)C)cc3n2)c1. The van der Waals surface area contributed by atoms with Crippen molar-refractivity contribution >= 4 is 22.7 Å². The number of aromatic nitrogens is 2. The minimum absolute atomic E-state index is 0.285. The number of hydrogen-bond donors (Lipinski definition) is 1. The molecule has 0 aliphatic rings. The van der Waals surface area contributed by atoms with E-state index < -0.39 is 11.7 Å². The average Bonchev–Trinajstić information content (AvgIpc) is 2.64. The topological polar surface area (TPSA) is 67.4 Å². The van der Waals surface area contributed by atoms with E-state index in [2.05, 4.69) is 27.3 Å². The van der Waals surface area contributed by atoms with E-state index >= 15 is 0 Å². The van der Waals surface area contributed by atoms with E-state index in [1.54, 1.807) is 6.20 Å². The molecule has 3 rings (SSSR count). The molecule has 3 aromatic rings. The highest BCUT2D eigenvalue weighted by Gasteiger charge is 2.16. The van der Waals surface area contributed by atoms with Gasteiger partial charge < -0.3 is 15.0 Å². The van der Waals surface area contributed by atoms with E-state index in [4.69, 9.17) is 9.72 Å². The Balaban J connectivity index is 1.82. The fraction of sp³-hybridized carbons (Fsp3) is 0.318. The van der Waals surface area contributed by atoms with Gasteiger partial charge in [0.1, 0.15) is 5.60 Å². The van der Waals surface area contributed by atoms with Crippen LogP contribution in [0.1, 0.15) is 26.5 Å². The summed E-state index contributed by atoms with van der Waals surface area (Å²) in [6.45, 7) is 5.78. The van der Waals surface area contributed by atoms with E-state index in [0.29, 0.717) is 0 Å². The van der Waals surface area contributed by atoms with Gasteiger partial charge in [-0.2, -0.15) is 0 Å². The Labute approximate surface area is 165 Å². The Morgan fingerprint density at radius 2 is 1.93 bits per heavy atom. The van der Waals surface area contributed by atoms with Gasteiger partial charge >= 0.3 is 6.09 Å². The highest BCUT2D eigenvalue weighted by Crippen LogP contribution is 2.24. The van der Waals surface area contributed by atoms with Gasteiger partial charge in [-0.1, -0.05) is 12.1 Å². The van der Waals surface area contributed by atoms with E-state index in [-0.39, 0.29) is 6.54 Å². The molecule has 0 aliphatic heterocycles. The molecule has 6 heteroatoms. The first-order valence-corrected chi connectivity index (χ1v) is 9.21. The number of anilines is 1. The van der Waals surface area contributed by atoms with Crippen molar-refractivity contribution in [3.05, 3.63) is 54.4 Å². The summed E-state index contributed by atoms with van der Waals surface area (Å²) in [6, 6.07) is 14.2. The molecule has 0 saturated heterocycles. The predicted molar refractivity (Wildman–Crippen MR) is 112 cm³/mol.